The Morgan fingerprint density at radius 3 is 0.843 bits per heavy atom. The molecule has 5 aliphatic rings. The van der Waals surface area contributed by atoms with Crippen LogP contribution in [0.5, 0.6) is 57.5 Å². The molecule has 5 heterocycles. The van der Waals surface area contributed by atoms with E-state index in [1.807, 2.05) is 90.1 Å². The molecular weight excluding hydrogens is 1930 g/mol. The summed E-state index contributed by atoms with van der Waals surface area (Å²) in [5, 5.41) is 55.3. The van der Waals surface area contributed by atoms with Crippen molar-refractivity contribution < 1.29 is 101 Å². The molecule has 140 heavy (non-hydrogen) atoms. The van der Waals surface area contributed by atoms with E-state index in [1.165, 1.54) is 100 Å². The maximum Gasteiger partial charge on any atom is 0.246 e. The number of hydrogen-bond acceptors (Lipinski definition) is 25. The lowest BCUT2D eigenvalue weighted by Crippen LogP contribution is -2.55. The van der Waals surface area contributed by atoms with E-state index >= 15 is 0 Å². The SMILES string of the molecule is CC(C)N1CCN(S(=O)(=O)c2cc(C#N)ccc2Oc2cc(F)ccc2F)CC1.CC1CN(S(=O)(=O)c2cc(C#N)ccc2Oc2cc(F)ccc2F)CC(C)N1.CCC(CC)N1CCN(S(=O)(=O)c2cc(C#N)ccc2Oc2cc(F)ccc2F)CC1.Cc1ccc(C)c(Oc2ccc(C#N)cc2S(=O)(=O)N2CCNCC2)c1.N#Cc1ccc(Oc2cc(F)ccc2F)c(S(=O)(=O)N2CCNCC2)c1. The van der Waals surface area contributed by atoms with Crippen LogP contribution in [0.2, 0.25) is 0 Å². The van der Waals surface area contributed by atoms with Crippen molar-refractivity contribution in [3.63, 3.8) is 0 Å². The van der Waals surface area contributed by atoms with E-state index in [4.69, 9.17) is 34.2 Å². The van der Waals surface area contributed by atoms with Gasteiger partial charge in [-0.25, -0.2) is 77.2 Å². The number of nitrogens with one attached hydrogen (secondary N) is 3. The van der Waals surface area contributed by atoms with Crippen molar-refractivity contribution in [2.75, 3.05) is 118 Å². The zero-order valence-corrected chi connectivity index (χ0v) is 81.4. The molecule has 0 bridgehead atoms. The van der Waals surface area contributed by atoms with Gasteiger partial charge in [0, 0.05) is 166 Å². The van der Waals surface area contributed by atoms with Gasteiger partial charge < -0.3 is 39.6 Å². The summed E-state index contributed by atoms with van der Waals surface area (Å²) in [5.41, 5.74) is 2.69. The highest BCUT2D eigenvalue weighted by Crippen LogP contribution is 2.41. The van der Waals surface area contributed by atoms with Crippen LogP contribution >= 0.6 is 0 Å². The molecule has 0 saturated carbocycles. The van der Waals surface area contributed by atoms with Crippen LogP contribution in [0.1, 0.15) is 93.3 Å². The van der Waals surface area contributed by atoms with Gasteiger partial charge in [0.2, 0.25) is 50.1 Å². The number of piperazine rings is 5. The van der Waals surface area contributed by atoms with E-state index in [0.717, 1.165) is 96.8 Å². The van der Waals surface area contributed by atoms with Gasteiger partial charge in [0.15, 0.2) is 46.3 Å². The highest BCUT2D eigenvalue weighted by molar-refractivity contribution is 7.90. The zero-order chi connectivity index (χ0) is 102. The molecule has 0 amide bonds. The molecule has 15 rings (SSSR count). The number of benzene rings is 10. The molecule has 10 aromatic rings. The normalized spacial score (nSPS) is 16.6. The minimum absolute atomic E-state index is 0.0272. The predicted molar refractivity (Wildman–Crippen MR) is 502 cm³/mol. The Labute approximate surface area is 809 Å². The summed E-state index contributed by atoms with van der Waals surface area (Å²) < 4.78 is 276. The molecule has 2 unspecified atom stereocenters. The van der Waals surface area contributed by atoms with E-state index in [9.17, 15) is 93.0 Å². The number of nitriles is 5. The van der Waals surface area contributed by atoms with Crippen molar-refractivity contribution in [1.29, 1.82) is 26.3 Å². The minimum atomic E-state index is -4.03. The Bertz CT molecular complexity index is 6830. The second-order valence-corrected chi connectivity index (χ2v) is 42.5. The van der Waals surface area contributed by atoms with Crippen LogP contribution in [0.25, 0.3) is 0 Å². The highest BCUT2D eigenvalue weighted by Gasteiger charge is 2.39. The Kier molecular flexibility index (Phi) is 37.0. The zero-order valence-electron chi connectivity index (χ0n) is 77.3. The van der Waals surface area contributed by atoms with E-state index in [1.54, 1.807) is 12.1 Å². The number of nitrogens with zero attached hydrogens (tertiary/aromatic N) is 12. The van der Waals surface area contributed by atoms with Gasteiger partial charge in [-0.15, -0.1) is 0 Å². The summed E-state index contributed by atoms with van der Waals surface area (Å²) in [6, 6.07) is 46.4. The number of ether oxygens (including phenoxy) is 5. The summed E-state index contributed by atoms with van der Waals surface area (Å²) in [4.78, 5) is 3.44. The number of sulfonamides is 5. The van der Waals surface area contributed by atoms with Gasteiger partial charge in [-0.05, 0) is 211 Å². The lowest BCUT2D eigenvalue weighted by Gasteiger charge is -2.38. The molecule has 30 nitrogen and oxygen atoms in total. The van der Waals surface area contributed by atoms with Crippen LogP contribution in [-0.2, 0) is 50.1 Å². The second kappa shape index (κ2) is 48.1. The molecule has 5 fully saturated rings. The molecule has 740 valence electrons. The third-order valence-corrected chi connectivity index (χ3v) is 32.4. The second-order valence-electron chi connectivity index (χ2n) is 33.0. The maximum absolute atomic E-state index is 14.1. The van der Waals surface area contributed by atoms with Crippen LogP contribution < -0.4 is 39.6 Å². The molecular formula is C97H101F8N15O15S5. The van der Waals surface area contributed by atoms with Crippen LogP contribution in [0, 0.1) is 117 Å². The molecule has 0 aliphatic carbocycles. The van der Waals surface area contributed by atoms with Crippen LogP contribution in [0.3, 0.4) is 0 Å². The van der Waals surface area contributed by atoms with Gasteiger partial charge in [-0.1, -0.05) is 26.0 Å². The van der Waals surface area contributed by atoms with Gasteiger partial charge in [0.05, 0.1) is 58.2 Å². The fourth-order valence-corrected chi connectivity index (χ4v) is 23.5. The van der Waals surface area contributed by atoms with E-state index < -0.39 is 120 Å². The van der Waals surface area contributed by atoms with Gasteiger partial charge in [0.1, 0.15) is 82.2 Å². The van der Waals surface area contributed by atoms with E-state index in [2.05, 4.69) is 39.6 Å². The molecule has 3 N–H and O–H groups in total. The van der Waals surface area contributed by atoms with Gasteiger partial charge >= 0.3 is 0 Å². The standard InChI is InChI=1S/C22H25F2N3O3S.C20H21F2N3O3S.C19H19F2N3O3S.C19H21N3O3S.C17H15F2N3O3S/c1-3-18(4-2)26-9-11-27(12-10-26)31(28,29)22-13-16(15-25)5-8-20(22)30-21-14-17(23)6-7-19(21)24;1-14(2)24-7-9-25(10-8-24)29(26,27)20-11-15(13-23)3-6-18(20)28-19-12-16(21)4-5-17(19)22;1-12-10-24(11-13(2)23-12)28(25,26)19-7-14(9-22)3-6-17(19)27-18-8-15(20)4-5-16(18)21;1-14-3-4-15(2)18(11-14)25-17-6-5-16(13-20)12-19(17)26(23,24)22-9-7-21-8-10-22;18-13-2-3-14(19)16(10-13)25-15-4-1-12(11-20)9-17(15)26(23,24)22-7-5-21-6-8-22/h5-8,13-14,18H,3-4,9-12H2,1-2H3;3-6,11-12,14H,7-10H2,1-2H3;3-8,12-13,23H,10-11H2,1-2H3;3-6,11-12,21H,7-10H2,1-2H3;1-4,9-10,21H,5-8H2. The topological polar surface area (TPSA) is 395 Å². The third kappa shape index (κ3) is 27.2. The van der Waals surface area contributed by atoms with E-state index in [0.29, 0.717) is 96.4 Å². The van der Waals surface area contributed by atoms with Crippen LogP contribution in [-0.4, -0.2) is 215 Å². The first-order valence-electron chi connectivity index (χ1n) is 44.2. The molecule has 2 atom stereocenters. The Morgan fingerprint density at radius 2 is 0.579 bits per heavy atom. The van der Waals surface area contributed by atoms with Gasteiger partial charge in [-0.3, -0.25) is 9.80 Å². The lowest BCUT2D eigenvalue weighted by molar-refractivity contribution is 0.130. The van der Waals surface area contributed by atoms with Crippen LogP contribution in [0.4, 0.5) is 35.1 Å². The van der Waals surface area contributed by atoms with Crippen molar-refractivity contribution in [2.24, 2.45) is 0 Å². The summed E-state index contributed by atoms with van der Waals surface area (Å²) in [5.74, 6) is -7.79. The van der Waals surface area contributed by atoms with Gasteiger partial charge in [0.25, 0.3) is 0 Å². The minimum Gasteiger partial charge on any atom is -0.456 e. The smallest absolute Gasteiger partial charge is 0.246 e. The fraction of sp³-hybridized carbons (Fsp3) is 0.330. The number of rotatable bonds is 24. The molecule has 0 spiro atoms. The quantitative estimate of drug-likeness (QED) is 0.0473. The highest BCUT2D eigenvalue weighted by atomic mass is 32.2. The summed E-state index contributed by atoms with van der Waals surface area (Å²) in [7, 11) is -19.8. The monoisotopic (exact) mass is 2030 g/mol. The van der Waals surface area contributed by atoms with E-state index in [-0.39, 0.29) is 132 Å². The first-order chi connectivity index (χ1) is 66.5. The van der Waals surface area contributed by atoms with Crippen molar-refractivity contribution in [3.8, 4) is 87.8 Å². The summed E-state index contributed by atoms with van der Waals surface area (Å²) in [6.45, 7) is 23.3. The van der Waals surface area contributed by atoms with Gasteiger partial charge in [-0.2, -0.15) is 47.8 Å². The molecule has 0 radical (unpaired) electrons. The van der Waals surface area contributed by atoms with Crippen molar-refractivity contribution in [2.45, 2.75) is 117 Å². The number of aryl methyl sites for hydroxylation is 2. The first-order valence-corrected chi connectivity index (χ1v) is 51.4. The average Bonchev–Trinajstić information content (AvgIpc) is 1.58. The van der Waals surface area contributed by atoms with Crippen molar-refractivity contribution in [1.82, 2.24) is 47.3 Å². The largest absolute Gasteiger partial charge is 0.456 e. The first kappa shape index (κ1) is 108. The molecule has 43 heteroatoms. The number of hydrogen-bond donors (Lipinski definition) is 3. The average molecular weight is 2030 g/mol. The van der Waals surface area contributed by atoms with Crippen molar-refractivity contribution >= 4 is 50.1 Å². The molecule has 10 aromatic carbocycles. The number of halogens is 8. The Morgan fingerprint density at radius 1 is 0.321 bits per heavy atom. The maximum atomic E-state index is 14.1. The Hall–Kier alpha value is -12.6. The molecule has 0 aromatic heterocycles. The molecule has 5 saturated heterocycles. The van der Waals surface area contributed by atoms with Crippen molar-refractivity contribution in [3.05, 3.63) is 267 Å². The Balaban J connectivity index is 0.000000168. The summed E-state index contributed by atoms with van der Waals surface area (Å²) in [6.07, 6.45) is 1.98. The van der Waals surface area contributed by atoms with Crippen LogP contribution in [0.15, 0.2) is 206 Å². The predicted octanol–water partition coefficient (Wildman–Crippen LogP) is 15.3. The summed E-state index contributed by atoms with van der Waals surface area (Å²) >= 11 is 0. The fourth-order valence-electron chi connectivity index (χ4n) is 15.5. The lowest BCUT2D eigenvalue weighted by atomic mass is 10.1. The third-order valence-electron chi connectivity index (χ3n) is 22.9. The molecule has 5 aliphatic heterocycles.